The summed E-state index contributed by atoms with van der Waals surface area (Å²) >= 11 is 5.84. The predicted molar refractivity (Wildman–Crippen MR) is 110 cm³/mol. The summed E-state index contributed by atoms with van der Waals surface area (Å²) in [5.41, 5.74) is 0.962. The first-order valence-corrected chi connectivity index (χ1v) is 9.13. The van der Waals surface area contributed by atoms with Crippen LogP contribution in [-0.2, 0) is 14.3 Å². The number of benzene rings is 2. The third-order valence-corrected chi connectivity index (χ3v) is 3.84. The van der Waals surface area contributed by atoms with Crippen LogP contribution in [0.25, 0.3) is 0 Å². The minimum absolute atomic E-state index is 0.209. The second kappa shape index (κ2) is 9.37. The van der Waals surface area contributed by atoms with Gasteiger partial charge >= 0.3 is 5.97 Å². The van der Waals surface area contributed by atoms with E-state index in [1.54, 1.807) is 48.5 Å². The van der Waals surface area contributed by atoms with Crippen molar-refractivity contribution in [3.05, 3.63) is 59.1 Å². The number of amides is 2. The van der Waals surface area contributed by atoms with E-state index in [2.05, 4.69) is 10.6 Å². The van der Waals surface area contributed by atoms with Crippen LogP contribution in [0.15, 0.2) is 48.5 Å². The maximum Gasteiger partial charge on any atom is 0.306 e. The van der Waals surface area contributed by atoms with E-state index in [0.29, 0.717) is 16.4 Å². The molecule has 148 valence electrons. The first kappa shape index (κ1) is 21.4. The Balaban J connectivity index is 1.99. The number of esters is 1. The first-order chi connectivity index (χ1) is 13.1. The molecule has 28 heavy (non-hydrogen) atoms. The highest BCUT2D eigenvalue weighted by molar-refractivity contribution is 6.30. The van der Waals surface area contributed by atoms with Gasteiger partial charge in [0.25, 0.3) is 11.8 Å². The highest BCUT2D eigenvalue weighted by atomic mass is 35.5. The Bertz CT molecular complexity index is 857. The molecule has 0 aliphatic carbocycles. The van der Waals surface area contributed by atoms with Gasteiger partial charge in [0.2, 0.25) is 0 Å². The van der Waals surface area contributed by atoms with Gasteiger partial charge in [-0.3, -0.25) is 14.4 Å². The molecule has 0 aliphatic heterocycles. The molecule has 0 unspecified atom stereocenters. The Morgan fingerprint density at radius 3 is 2.25 bits per heavy atom. The molecule has 0 aliphatic rings. The molecule has 0 atom stereocenters. The average Bonchev–Trinajstić information content (AvgIpc) is 2.61. The van der Waals surface area contributed by atoms with Crippen LogP contribution in [0.4, 0.5) is 11.4 Å². The number of ether oxygens (including phenoxy) is 1. The number of hydrogen-bond acceptors (Lipinski definition) is 4. The molecule has 7 heteroatoms. The normalized spacial score (nSPS) is 10.9. The SMILES string of the molecule is CC(C)(C)CC(=O)OCC(=O)Nc1ccccc1C(=O)Nc1ccc(Cl)cc1. The third kappa shape index (κ3) is 7.04. The monoisotopic (exact) mass is 402 g/mol. The molecule has 2 aromatic carbocycles. The van der Waals surface area contributed by atoms with E-state index in [-0.39, 0.29) is 23.3 Å². The van der Waals surface area contributed by atoms with Gasteiger partial charge in [0.1, 0.15) is 0 Å². The zero-order valence-electron chi connectivity index (χ0n) is 16.0. The van der Waals surface area contributed by atoms with Crippen molar-refractivity contribution >= 4 is 40.8 Å². The number of nitrogens with one attached hydrogen (secondary N) is 2. The zero-order chi connectivity index (χ0) is 20.7. The molecule has 0 heterocycles. The summed E-state index contributed by atoms with van der Waals surface area (Å²) in [7, 11) is 0. The molecule has 2 N–H and O–H groups in total. The molecule has 0 bridgehead atoms. The zero-order valence-corrected chi connectivity index (χ0v) is 16.8. The van der Waals surface area contributed by atoms with Crippen molar-refractivity contribution in [3.63, 3.8) is 0 Å². The molecule has 0 aromatic heterocycles. The molecular weight excluding hydrogens is 380 g/mol. The summed E-state index contributed by atoms with van der Waals surface area (Å²) in [6.45, 7) is 5.31. The van der Waals surface area contributed by atoms with Gasteiger partial charge in [-0.2, -0.15) is 0 Å². The largest absolute Gasteiger partial charge is 0.456 e. The number of anilines is 2. The molecule has 2 aromatic rings. The van der Waals surface area contributed by atoms with Gasteiger partial charge in [-0.15, -0.1) is 0 Å². The van der Waals surface area contributed by atoms with Crippen LogP contribution in [-0.4, -0.2) is 24.4 Å². The van der Waals surface area contributed by atoms with E-state index >= 15 is 0 Å². The quantitative estimate of drug-likeness (QED) is 0.696. The Labute approximate surface area is 169 Å². The lowest BCUT2D eigenvalue weighted by Gasteiger charge is -2.16. The maximum absolute atomic E-state index is 12.5. The second-order valence-electron chi connectivity index (χ2n) is 7.45. The van der Waals surface area contributed by atoms with Crippen molar-refractivity contribution in [1.82, 2.24) is 0 Å². The van der Waals surface area contributed by atoms with Crippen molar-refractivity contribution < 1.29 is 19.1 Å². The number of para-hydroxylation sites is 1. The van der Waals surface area contributed by atoms with Gasteiger partial charge in [0.15, 0.2) is 6.61 Å². The van der Waals surface area contributed by atoms with Crippen LogP contribution in [0.2, 0.25) is 5.02 Å². The van der Waals surface area contributed by atoms with Gasteiger partial charge in [0, 0.05) is 10.7 Å². The van der Waals surface area contributed by atoms with E-state index in [9.17, 15) is 14.4 Å². The van der Waals surface area contributed by atoms with E-state index in [4.69, 9.17) is 16.3 Å². The molecule has 2 rings (SSSR count). The fourth-order valence-corrected chi connectivity index (χ4v) is 2.46. The van der Waals surface area contributed by atoms with Crippen LogP contribution < -0.4 is 10.6 Å². The second-order valence-corrected chi connectivity index (χ2v) is 7.89. The van der Waals surface area contributed by atoms with E-state index < -0.39 is 18.5 Å². The highest BCUT2D eigenvalue weighted by Gasteiger charge is 2.19. The number of rotatable bonds is 6. The Kier molecular flexibility index (Phi) is 7.18. The smallest absolute Gasteiger partial charge is 0.306 e. The van der Waals surface area contributed by atoms with E-state index in [0.717, 1.165) is 0 Å². The van der Waals surface area contributed by atoms with Gasteiger partial charge in [-0.25, -0.2) is 0 Å². The Morgan fingerprint density at radius 1 is 0.964 bits per heavy atom. The summed E-state index contributed by atoms with van der Waals surface area (Å²) in [5.74, 6) is -1.35. The molecule has 6 nitrogen and oxygen atoms in total. The van der Waals surface area contributed by atoms with Crippen molar-refractivity contribution in [2.75, 3.05) is 17.2 Å². The van der Waals surface area contributed by atoms with Crippen molar-refractivity contribution in [3.8, 4) is 0 Å². The number of halogens is 1. The molecule has 0 saturated carbocycles. The minimum atomic E-state index is -0.519. The molecule has 0 fully saturated rings. The summed E-state index contributed by atoms with van der Waals surface area (Å²) in [6.07, 6.45) is 0.209. The van der Waals surface area contributed by atoms with E-state index in [1.807, 2.05) is 20.8 Å². The predicted octanol–water partition coefficient (Wildman–Crippen LogP) is 4.51. The fraction of sp³-hybridized carbons (Fsp3) is 0.286. The van der Waals surface area contributed by atoms with Crippen molar-refractivity contribution in [2.24, 2.45) is 5.41 Å². The van der Waals surface area contributed by atoms with Crippen LogP contribution in [0.5, 0.6) is 0 Å². The minimum Gasteiger partial charge on any atom is -0.456 e. The number of carbonyl (C=O) groups excluding carboxylic acids is 3. The van der Waals surface area contributed by atoms with Gasteiger partial charge in [-0.05, 0) is 41.8 Å². The third-order valence-electron chi connectivity index (χ3n) is 3.59. The summed E-state index contributed by atoms with van der Waals surface area (Å²) in [4.78, 5) is 36.4. The molecule has 2 amide bonds. The molecule has 0 spiro atoms. The average molecular weight is 403 g/mol. The molecule has 0 saturated heterocycles. The molecular formula is C21H23ClN2O4. The van der Waals surface area contributed by atoms with E-state index in [1.165, 1.54) is 0 Å². The van der Waals surface area contributed by atoms with Crippen LogP contribution in [0.1, 0.15) is 37.6 Å². The number of hydrogen-bond donors (Lipinski definition) is 2. The first-order valence-electron chi connectivity index (χ1n) is 8.75. The standard InChI is InChI=1S/C21H23ClN2O4/c1-21(2,3)12-19(26)28-13-18(25)24-17-7-5-4-6-16(17)20(27)23-15-10-8-14(22)9-11-15/h4-11H,12-13H2,1-3H3,(H,23,27)(H,24,25). The van der Waals surface area contributed by atoms with Crippen LogP contribution in [0.3, 0.4) is 0 Å². The lowest BCUT2D eigenvalue weighted by Crippen LogP contribution is -2.24. The summed E-state index contributed by atoms with van der Waals surface area (Å²) in [6, 6.07) is 13.3. The van der Waals surface area contributed by atoms with Gasteiger partial charge in [0.05, 0.1) is 17.7 Å². The summed E-state index contributed by atoms with van der Waals surface area (Å²) in [5, 5.41) is 5.91. The van der Waals surface area contributed by atoms with Crippen LogP contribution >= 0.6 is 11.6 Å². The Morgan fingerprint density at radius 2 is 1.61 bits per heavy atom. The lowest BCUT2D eigenvalue weighted by molar-refractivity contribution is -0.149. The topological polar surface area (TPSA) is 84.5 Å². The molecule has 0 radical (unpaired) electrons. The highest BCUT2D eigenvalue weighted by Crippen LogP contribution is 2.20. The number of carbonyl (C=O) groups is 3. The van der Waals surface area contributed by atoms with Crippen molar-refractivity contribution in [1.29, 1.82) is 0 Å². The maximum atomic E-state index is 12.5. The summed E-state index contributed by atoms with van der Waals surface area (Å²) < 4.78 is 5.00. The fourth-order valence-electron chi connectivity index (χ4n) is 2.34. The van der Waals surface area contributed by atoms with Gasteiger partial charge < -0.3 is 15.4 Å². The van der Waals surface area contributed by atoms with Crippen molar-refractivity contribution in [2.45, 2.75) is 27.2 Å². The van der Waals surface area contributed by atoms with Gasteiger partial charge in [-0.1, -0.05) is 44.5 Å². The Hall–Kier alpha value is -2.86. The van der Waals surface area contributed by atoms with Crippen LogP contribution in [0, 0.1) is 5.41 Å². The lowest BCUT2D eigenvalue weighted by atomic mass is 9.92.